The summed E-state index contributed by atoms with van der Waals surface area (Å²) in [7, 11) is 1.63. The molecule has 19 heavy (non-hydrogen) atoms. The van der Waals surface area contributed by atoms with E-state index in [0.29, 0.717) is 26.1 Å². The summed E-state index contributed by atoms with van der Waals surface area (Å²) in [6, 6.07) is 7.77. The molecule has 1 N–H and O–H groups in total. The minimum absolute atomic E-state index is 0.332. The lowest BCUT2D eigenvalue weighted by Crippen LogP contribution is -2.39. The van der Waals surface area contributed by atoms with Gasteiger partial charge in [0, 0.05) is 6.61 Å². The molecule has 1 saturated heterocycles. The third kappa shape index (κ3) is 3.26. The van der Waals surface area contributed by atoms with Gasteiger partial charge >= 0.3 is 5.97 Å². The predicted molar refractivity (Wildman–Crippen MR) is 71.4 cm³/mol. The number of benzene rings is 1. The van der Waals surface area contributed by atoms with Crippen molar-refractivity contribution in [1.82, 2.24) is 0 Å². The van der Waals surface area contributed by atoms with Gasteiger partial charge < -0.3 is 14.6 Å². The minimum atomic E-state index is -0.735. The van der Waals surface area contributed by atoms with Crippen LogP contribution >= 0.6 is 0 Å². The Morgan fingerprint density at radius 2 is 2.16 bits per heavy atom. The van der Waals surface area contributed by atoms with E-state index < -0.39 is 11.4 Å². The highest BCUT2D eigenvalue weighted by Crippen LogP contribution is 2.34. The van der Waals surface area contributed by atoms with Gasteiger partial charge in [0.25, 0.3) is 0 Å². The molecular weight excluding hydrogens is 244 g/mol. The third-order valence-electron chi connectivity index (χ3n) is 3.83. The second kappa shape index (κ2) is 6.06. The van der Waals surface area contributed by atoms with Crippen molar-refractivity contribution < 1.29 is 19.4 Å². The maximum absolute atomic E-state index is 11.5. The van der Waals surface area contributed by atoms with Gasteiger partial charge in [0.1, 0.15) is 5.75 Å². The van der Waals surface area contributed by atoms with Gasteiger partial charge in [-0.15, -0.1) is 0 Å². The molecule has 0 spiro atoms. The number of carboxylic acid groups (broad SMARTS) is 1. The Labute approximate surface area is 113 Å². The first kappa shape index (κ1) is 13.9. The van der Waals surface area contributed by atoms with Gasteiger partial charge in [-0.2, -0.15) is 0 Å². The standard InChI is InChI=1S/C15H20O4/c1-18-13-5-3-12(4-6-13)7-9-15(14(16)17)8-2-10-19-11-15/h3-6H,2,7-11H2,1H3,(H,16,17). The van der Waals surface area contributed by atoms with Crippen LogP contribution in [0.1, 0.15) is 24.8 Å². The Morgan fingerprint density at radius 3 is 2.68 bits per heavy atom. The number of carbonyl (C=O) groups is 1. The zero-order chi connectivity index (χ0) is 13.7. The smallest absolute Gasteiger partial charge is 0.311 e. The molecule has 104 valence electrons. The Balaban J connectivity index is 2.00. The van der Waals surface area contributed by atoms with Crippen molar-refractivity contribution >= 4 is 5.97 Å². The normalized spacial score (nSPS) is 23.0. The molecule has 0 saturated carbocycles. The van der Waals surface area contributed by atoms with Crippen LogP contribution in [0, 0.1) is 5.41 Å². The first-order valence-corrected chi connectivity index (χ1v) is 6.60. The maximum atomic E-state index is 11.5. The zero-order valence-electron chi connectivity index (χ0n) is 11.2. The first-order valence-electron chi connectivity index (χ1n) is 6.60. The summed E-state index contributed by atoms with van der Waals surface area (Å²) < 4.78 is 10.5. The average Bonchev–Trinajstić information content (AvgIpc) is 2.46. The van der Waals surface area contributed by atoms with Gasteiger partial charge in [-0.05, 0) is 43.4 Å². The topological polar surface area (TPSA) is 55.8 Å². The number of methoxy groups -OCH3 is 1. The minimum Gasteiger partial charge on any atom is -0.497 e. The summed E-state index contributed by atoms with van der Waals surface area (Å²) in [5.74, 6) is 0.0819. The number of carboxylic acids is 1. The summed E-state index contributed by atoms with van der Waals surface area (Å²) in [4.78, 5) is 11.5. The number of ether oxygens (including phenoxy) is 2. The monoisotopic (exact) mass is 264 g/mol. The fourth-order valence-corrected chi connectivity index (χ4v) is 2.50. The van der Waals surface area contributed by atoms with Gasteiger partial charge in [0.2, 0.25) is 0 Å². The van der Waals surface area contributed by atoms with Gasteiger partial charge in [-0.25, -0.2) is 0 Å². The van der Waals surface area contributed by atoms with Crippen molar-refractivity contribution in [1.29, 1.82) is 0 Å². The molecule has 2 rings (SSSR count). The Kier molecular flexibility index (Phi) is 4.43. The molecule has 0 aromatic heterocycles. The molecular formula is C15H20O4. The molecule has 0 bridgehead atoms. The summed E-state index contributed by atoms with van der Waals surface area (Å²) in [5.41, 5.74) is 0.421. The molecule has 1 heterocycles. The van der Waals surface area contributed by atoms with Crippen LogP contribution in [0.4, 0.5) is 0 Å². The van der Waals surface area contributed by atoms with E-state index >= 15 is 0 Å². The van der Waals surface area contributed by atoms with E-state index in [-0.39, 0.29) is 0 Å². The van der Waals surface area contributed by atoms with E-state index in [2.05, 4.69) is 0 Å². The molecule has 1 atom stereocenters. The van der Waals surface area contributed by atoms with Crippen LogP contribution in [0.3, 0.4) is 0 Å². The average molecular weight is 264 g/mol. The SMILES string of the molecule is COc1ccc(CCC2(C(=O)O)CCCOC2)cc1. The van der Waals surface area contributed by atoms with Gasteiger partial charge in [-0.1, -0.05) is 12.1 Å². The van der Waals surface area contributed by atoms with Crippen LogP contribution in [0.2, 0.25) is 0 Å². The molecule has 1 aliphatic heterocycles. The van der Waals surface area contributed by atoms with Crippen LogP contribution in [0.15, 0.2) is 24.3 Å². The summed E-state index contributed by atoms with van der Waals surface area (Å²) in [6.07, 6.45) is 2.90. The van der Waals surface area contributed by atoms with E-state index in [1.165, 1.54) is 0 Å². The Morgan fingerprint density at radius 1 is 1.42 bits per heavy atom. The van der Waals surface area contributed by atoms with Crippen molar-refractivity contribution in [3.8, 4) is 5.75 Å². The number of aryl methyl sites for hydroxylation is 1. The summed E-state index contributed by atoms with van der Waals surface area (Å²) in [5, 5.41) is 9.45. The second-order valence-corrected chi connectivity index (χ2v) is 5.09. The van der Waals surface area contributed by atoms with Crippen molar-refractivity contribution in [2.45, 2.75) is 25.7 Å². The van der Waals surface area contributed by atoms with Gasteiger partial charge in [0.15, 0.2) is 0 Å². The van der Waals surface area contributed by atoms with Crippen LogP contribution < -0.4 is 4.74 Å². The molecule has 1 fully saturated rings. The van der Waals surface area contributed by atoms with Gasteiger partial charge in [-0.3, -0.25) is 4.79 Å². The zero-order valence-corrected chi connectivity index (χ0v) is 11.2. The maximum Gasteiger partial charge on any atom is 0.311 e. The second-order valence-electron chi connectivity index (χ2n) is 5.09. The Hall–Kier alpha value is -1.55. The van der Waals surface area contributed by atoms with E-state index in [1.807, 2.05) is 24.3 Å². The predicted octanol–water partition coefficient (Wildman–Crippen LogP) is 2.51. The number of hydrogen-bond donors (Lipinski definition) is 1. The molecule has 1 aliphatic rings. The molecule has 1 aromatic rings. The van der Waals surface area contributed by atoms with Crippen molar-refractivity contribution in [2.24, 2.45) is 5.41 Å². The highest BCUT2D eigenvalue weighted by atomic mass is 16.5. The molecule has 4 heteroatoms. The van der Waals surface area contributed by atoms with E-state index in [1.54, 1.807) is 7.11 Å². The van der Waals surface area contributed by atoms with E-state index in [9.17, 15) is 9.90 Å². The lowest BCUT2D eigenvalue weighted by molar-refractivity contribution is -0.158. The summed E-state index contributed by atoms with van der Waals surface area (Å²) in [6.45, 7) is 1.01. The van der Waals surface area contributed by atoms with Crippen LogP contribution in [0.25, 0.3) is 0 Å². The largest absolute Gasteiger partial charge is 0.497 e. The number of aliphatic carboxylic acids is 1. The first-order chi connectivity index (χ1) is 9.16. The van der Waals surface area contributed by atoms with Gasteiger partial charge in [0.05, 0.1) is 19.1 Å². The van der Waals surface area contributed by atoms with Crippen molar-refractivity contribution in [3.05, 3.63) is 29.8 Å². The van der Waals surface area contributed by atoms with Crippen LogP contribution in [-0.2, 0) is 16.0 Å². The number of hydrogen-bond acceptors (Lipinski definition) is 3. The summed E-state index contributed by atoms with van der Waals surface area (Å²) >= 11 is 0. The fourth-order valence-electron chi connectivity index (χ4n) is 2.50. The molecule has 1 aromatic carbocycles. The fraction of sp³-hybridized carbons (Fsp3) is 0.533. The molecule has 4 nitrogen and oxygen atoms in total. The van der Waals surface area contributed by atoms with Crippen molar-refractivity contribution in [3.63, 3.8) is 0 Å². The lowest BCUT2D eigenvalue weighted by Gasteiger charge is -2.33. The lowest BCUT2D eigenvalue weighted by atomic mass is 9.78. The molecule has 0 aliphatic carbocycles. The van der Waals surface area contributed by atoms with Crippen LogP contribution in [0.5, 0.6) is 5.75 Å². The van der Waals surface area contributed by atoms with E-state index in [0.717, 1.165) is 24.2 Å². The van der Waals surface area contributed by atoms with E-state index in [4.69, 9.17) is 9.47 Å². The third-order valence-corrected chi connectivity index (χ3v) is 3.83. The quantitative estimate of drug-likeness (QED) is 0.887. The highest BCUT2D eigenvalue weighted by Gasteiger charge is 2.39. The molecule has 0 radical (unpaired) electrons. The molecule has 1 unspecified atom stereocenters. The van der Waals surface area contributed by atoms with Crippen LogP contribution in [-0.4, -0.2) is 31.4 Å². The number of rotatable bonds is 5. The van der Waals surface area contributed by atoms with Crippen molar-refractivity contribution in [2.75, 3.05) is 20.3 Å². The Bertz CT molecular complexity index is 418. The molecule has 0 amide bonds. The highest BCUT2D eigenvalue weighted by molar-refractivity contribution is 5.75.